The first-order valence-electron chi connectivity index (χ1n) is 9.25. The lowest BCUT2D eigenvalue weighted by molar-refractivity contribution is -0.145. The van der Waals surface area contributed by atoms with Crippen LogP contribution in [0.4, 0.5) is 0 Å². The van der Waals surface area contributed by atoms with Crippen LogP contribution in [0.3, 0.4) is 0 Å². The third-order valence-electron chi connectivity index (χ3n) is 4.51. The van der Waals surface area contributed by atoms with Gasteiger partial charge in [0.1, 0.15) is 24.0 Å². The van der Waals surface area contributed by atoms with Gasteiger partial charge in [-0.15, -0.1) is 0 Å². The van der Waals surface area contributed by atoms with E-state index in [1.54, 1.807) is 61.9 Å². The standard InChI is InChI=1S/C22H23O6/c1-25-18-9-5-16(6-10-18)15-27-22(24)20(14-23)17-7-11-19(12-8-17)28-21-4-2-3-13-26-21/h5-12,20-21H,2-4,13,15H2,1H3. The first-order chi connectivity index (χ1) is 13.7. The summed E-state index contributed by atoms with van der Waals surface area (Å²) in [7, 11) is 1.58. The van der Waals surface area contributed by atoms with E-state index in [1.807, 2.05) is 0 Å². The average molecular weight is 383 g/mol. The number of hydrogen-bond donors (Lipinski definition) is 0. The van der Waals surface area contributed by atoms with Gasteiger partial charge in [0, 0.05) is 6.42 Å². The van der Waals surface area contributed by atoms with Crippen molar-refractivity contribution in [3.63, 3.8) is 0 Å². The van der Waals surface area contributed by atoms with Gasteiger partial charge in [0.05, 0.1) is 13.7 Å². The molecular weight excluding hydrogens is 360 g/mol. The summed E-state index contributed by atoms with van der Waals surface area (Å²) in [6.45, 7) is 0.770. The van der Waals surface area contributed by atoms with Crippen molar-refractivity contribution in [3.8, 4) is 11.5 Å². The minimum Gasteiger partial charge on any atom is -0.497 e. The third-order valence-corrected chi connectivity index (χ3v) is 4.51. The molecule has 2 atom stereocenters. The van der Waals surface area contributed by atoms with Crippen LogP contribution in [0.1, 0.15) is 36.3 Å². The number of benzene rings is 2. The Morgan fingerprint density at radius 2 is 1.82 bits per heavy atom. The Labute approximate surface area is 164 Å². The maximum absolute atomic E-state index is 12.3. The molecule has 1 radical (unpaired) electrons. The van der Waals surface area contributed by atoms with Crippen LogP contribution >= 0.6 is 0 Å². The van der Waals surface area contributed by atoms with Crippen molar-refractivity contribution in [1.29, 1.82) is 0 Å². The molecule has 6 nitrogen and oxygen atoms in total. The maximum Gasteiger partial charge on any atom is 0.321 e. The van der Waals surface area contributed by atoms with Crippen LogP contribution in [0.5, 0.6) is 11.5 Å². The van der Waals surface area contributed by atoms with Gasteiger partial charge in [-0.3, -0.25) is 9.59 Å². The van der Waals surface area contributed by atoms with Crippen LogP contribution in [0.15, 0.2) is 48.5 Å². The highest BCUT2D eigenvalue weighted by Crippen LogP contribution is 2.23. The van der Waals surface area contributed by atoms with Gasteiger partial charge >= 0.3 is 5.97 Å². The Morgan fingerprint density at radius 1 is 1.11 bits per heavy atom. The van der Waals surface area contributed by atoms with Crippen LogP contribution in [-0.2, 0) is 25.7 Å². The van der Waals surface area contributed by atoms with Crippen LogP contribution in [0.2, 0.25) is 0 Å². The fourth-order valence-corrected chi connectivity index (χ4v) is 2.91. The highest BCUT2D eigenvalue weighted by atomic mass is 16.7. The van der Waals surface area contributed by atoms with E-state index in [9.17, 15) is 9.59 Å². The van der Waals surface area contributed by atoms with Crippen molar-refractivity contribution in [2.24, 2.45) is 0 Å². The molecule has 6 heteroatoms. The quantitative estimate of drug-likeness (QED) is 0.513. The zero-order valence-electron chi connectivity index (χ0n) is 15.8. The van der Waals surface area contributed by atoms with Gasteiger partial charge in [-0.05, 0) is 48.2 Å². The second-order valence-corrected chi connectivity index (χ2v) is 6.49. The molecule has 1 heterocycles. The Morgan fingerprint density at radius 3 is 2.43 bits per heavy atom. The van der Waals surface area contributed by atoms with Crippen LogP contribution in [-0.4, -0.2) is 32.3 Å². The number of carbonyl (C=O) groups is 1. The molecule has 2 unspecified atom stereocenters. The predicted molar refractivity (Wildman–Crippen MR) is 102 cm³/mol. The smallest absolute Gasteiger partial charge is 0.321 e. The van der Waals surface area contributed by atoms with Gasteiger partial charge < -0.3 is 18.9 Å². The first kappa shape index (κ1) is 19.9. The van der Waals surface area contributed by atoms with Gasteiger partial charge in [-0.2, -0.15) is 0 Å². The Kier molecular flexibility index (Phi) is 7.03. The third kappa shape index (κ3) is 5.33. The predicted octanol–water partition coefficient (Wildman–Crippen LogP) is 3.54. The number of esters is 1. The number of carbonyl (C=O) groups excluding carboxylic acids is 2. The molecule has 147 valence electrons. The van der Waals surface area contributed by atoms with E-state index in [4.69, 9.17) is 18.9 Å². The second kappa shape index (κ2) is 9.90. The van der Waals surface area contributed by atoms with Gasteiger partial charge in [-0.25, -0.2) is 0 Å². The highest BCUT2D eigenvalue weighted by Gasteiger charge is 2.23. The lowest BCUT2D eigenvalue weighted by atomic mass is 10.0. The minimum absolute atomic E-state index is 0.0707. The van der Waals surface area contributed by atoms with Crippen LogP contribution in [0.25, 0.3) is 0 Å². The van der Waals surface area contributed by atoms with E-state index >= 15 is 0 Å². The molecule has 1 aliphatic heterocycles. The van der Waals surface area contributed by atoms with Gasteiger partial charge in [0.15, 0.2) is 6.29 Å². The molecule has 1 saturated heterocycles. The molecule has 0 saturated carbocycles. The van der Waals surface area contributed by atoms with Gasteiger partial charge in [-0.1, -0.05) is 24.3 Å². The molecular formula is C22H23O6. The summed E-state index contributed by atoms with van der Waals surface area (Å²) in [6.07, 6.45) is 4.49. The zero-order valence-corrected chi connectivity index (χ0v) is 15.8. The number of methoxy groups -OCH3 is 1. The van der Waals surface area contributed by atoms with E-state index in [0.717, 1.165) is 30.6 Å². The van der Waals surface area contributed by atoms with E-state index in [-0.39, 0.29) is 12.9 Å². The molecule has 0 amide bonds. The molecule has 0 aliphatic carbocycles. The van der Waals surface area contributed by atoms with Gasteiger partial charge in [0.2, 0.25) is 6.29 Å². The molecule has 2 aromatic carbocycles. The lowest BCUT2D eigenvalue weighted by Crippen LogP contribution is -2.25. The van der Waals surface area contributed by atoms with E-state index in [0.29, 0.717) is 17.9 Å². The lowest BCUT2D eigenvalue weighted by Gasteiger charge is -2.23. The van der Waals surface area contributed by atoms with Crippen molar-refractivity contribution in [2.75, 3.05) is 13.7 Å². The summed E-state index contributed by atoms with van der Waals surface area (Å²) in [5.41, 5.74) is 1.31. The molecule has 0 aromatic heterocycles. The molecule has 0 bridgehead atoms. The monoisotopic (exact) mass is 383 g/mol. The Bertz CT molecular complexity index is 763. The fraction of sp³-hybridized carbons (Fsp3) is 0.364. The van der Waals surface area contributed by atoms with Crippen molar-refractivity contribution >= 4 is 12.3 Å². The van der Waals surface area contributed by atoms with E-state index in [1.165, 1.54) is 0 Å². The normalized spacial score (nSPS) is 17.4. The highest BCUT2D eigenvalue weighted by molar-refractivity contribution is 5.94. The molecule has 3 rings (SSSR count). The minimum atomic E-state index is -1.10. The summed E-state index contributed by atoms with van der Waals surface area (Å²) in [5.74, 6) is -0.393. The summed E-state index contributed by atoms with van der Waals surface area (Å²) in [5, 5.41) is 0. The molecule has 28 heavy (non-hydrogen) atoms. The van der Waals surface area contributed by atoms with Crippen molar-refractivity contribution < 1.29 is 28.5 Å². The molecule has 1 aliphatic rings. The van der Waals surface area contributed by atoms with Crippen LogP contribution in [0, 0.1) is 0 Å². The number of hydrogen-bond acceptors (Lipinski definition) is 6. The molecule has 0 N–H and O–H groups in total. The largest absolute Gasteiger partial charge is 0.497 e. The summed E-state index contributed by atoms with van der Waals surface area (Å²) in [4.78, 5) is 23.7. The Balaban J connectivity index is 1.56. The van der Waals surface area contributed by atoms with Crippen LogP contribution < -0.4 is 9.47 Å². The Hall–Kier alpha value is -2.86. The number of rotatable bonds is 8. The van der Waals surface area contributed by atoms with E-state index < -0.39 is 11.9 Å². The summed E-state index contributed by atoms with van der Waals surface area (Å²) in [6, 6.07) is 13.9. The SMILES string of the molecule is COc1ccc(COC(=O)C([C]=O)c2ccc(OC3CCCCO3)cc2)cc1. The second-order valence-electron chi connectivity index (χ2n) is 6.49. The first-order valence-corrected chi connectivity index (χ1v) is 9.25. The average Bonchev–Trinajstić information content (AvgIpc) is 2.75. The fourth-order valence-electron chi connectivity index (χ4n) is 2.91. The summed E-state index contributed by atoms with van der Waals surface area (Å²) >= 11 is 0. The topological polar surface area (TPSA) is 71.1 Å². The van der Waals surface area contributed by atoms with Gasteiger partial charge in [0.25, 0.3) is 0 Å². The van der Waals surface area contributed by atoms with Crippen molar-refractivity contribution in [1.82, 2.24) is 0 Å². The number of ether oxygens (including phenoxy) is 4. The van der Waals surface area contributed by atoms with E-state index in [2.05, 4.69) is 0 Å². The maximum atomic E-state index is 12.3. The summed E-state index contributed by atoms with van der Waals surface area (Å²) < 4.78 is 21.7. The zero-order chi connectivity index (χ0) is 19.8. The van der Waals surface area contributed by atoms with Crippen molar-refractivity contribution in [2.45, 2.75) is 38.1 Å². The molecule has 1 fully saturated rings. The molecule has 2 aromatic rings. The van der Waals surface area contributed by atoms with Crippen molar-refractivity contribution in [3.05, 3.63) is 59.7 Å². The molecule has 0 spiro atoms.